The summed E-state index contributed by atoms with van der Waals surface area (Å²) < 4.78 is 26.7. The molecule has 0 spiro atoms. The Balaban J connectivity index is 2.33. The van der Waals surface area contributed by atoms with Gasteiger partial charge >= 0.3 is 0 Å². The second-order valence-corrected chi connectivity index (χ2v) is 6.86. The van der Waals surface area contributed by atoms with E-state index in [9.17, 15) is 8.42 Å². The molecule has 2 aromatic heterocycles. The third-order valence-electron chi connectivity index (χ3n) is 2.75. The third-order valence-corrected chi connectivity index (χ3v) is 5.42. The molecule has 0 amide bonds. The minimum absolute atomic E-state index is 0.00961. The van der Waals surface area contributed by atoms with Crippen LogP contribution < -0.4 is 0 Å². The highest BCUT2D eigenvalue weighted by Crippen LogP contribution is 2.28. The third kappa shape index (κ3) is 2.02. The Hall–Kier alpha value is -1.44. The number of benzene rings is 1. The topological polar surface area (TPSA) is 64.8 Å². The Kier molecular flexibility index (Phi) is 3.27. The summed E-state index contributed by atoms with van der Waals surface area (Å²) in [6.07, 6.45) is 3.06. The summed E-state index contributed by atoms with van der Waals surface area (Å²) in [5, 5.41) is 4.79. The summed E-state index contributed by atoms with van der Waals surface area (Å²) in [4.78, 5) is 3.96. The molecule has 0 radical (unpaired) electrons. The summed E-state index contributed by atoms with van der Waals surface area (Å²) >= 11 is 9.20. The van der Waals surface area contributed by atoms with Crippen LogP contribution in [0.2, 0.25) is 5.02 Å². The Morgan fingerprint density at radius 1 is 1.20 bits per heavy atom. The Labute approximate surface area is 128 Å². The Morgan fingerprint density at radius 3 is 2.70 bits per heavy atom. The van der Waals surface area contributed by atoms with Crippen molar-refractivity contribution in [1.29, 1.82) is 0 Å². The molecule has 0 atom stereocenters. The molecule has 0 unspecified atom stereocenters. The van der Waals surface area contributed by atoms with Crippen molar-refractivity contribution in [2.75, 3.05) is 0 Å². The molecule has 0 N–H and O–H groups in total. The molecule has 0 aliphatic heterocycles. The van der Waals surface area contributed by atoms with Crippen LogP contribution in [0, 0.1) is 0 Å². The van der Waals surface area contributed by atoms with E-state index in [2.05, 4.69) is 26.0 Å². The van der Waals surface area contributed by atoms with Crippen LogP contribution in [0.5, 0.6) is 0 Å². The molecule has 20 heavy (non-hydrogen) atoms. The molecule has 3 rings (SSSR count). The standard InChI is InChI=1S/C12H7BrClN3O2S/c13-12-8-7-15-6-5-10(8)17(16-12)20(18,19)11-4-2-1-3-9(11)14/h1-7H. The quantitative estimate of drug-likeness (QED) is 0.693. The predicted molar refractivity (Wildman–Crippen MR) is 79.3 cm³/mol. The van der Waals surface area contributed by atoms with Gasteiger partial charge < -0.3 is 0 Å². The van der Waals surface area contributed by atoms with Gasteiger partial charge in [0.05, 0.1) is 15.9 Å². The largest absolute Gasteiger partial charge is 0.285 e. The van der Waals surface area contributed by atoms with Gasteiger partial charge in [-0.25, -0.2) is 0 Å². The highest BCUT2D eigenvalue weighted by Gasteiger charge is 2.24. The Morgan fingerprint density at radius 2 is 1.95 bits per heavy atom. The van der Waals surface area contributed by atoms with E-state index in [0.29, 0.717) is 15.5 Å². The van der Waals surface area contributed by atoms with E-state index >= 15 is 0 Å². The van der Waals surface area contributed by atoms with Crippen molar-refractivity contribution in [3.05, 3.63) is 52.4 Å². The second kappa shape index (κ2) is 4.83. The first-order valence-electron chi connectivity index (χ1n) is 5.50. The monoisotopic (exact) mass is 371 g/mol. The summed E-state index contributed by atoms with van der Waals surface area (Å²) in [6.45, 7) is 0. The fraction of sp³-hybridized carbons (Fsp3) is 0. The lowest BCUT2D eigenvalue weighted by molar-refractivity contribution is 0.582. The van der Waals surface area contributed by atoms with Crippen LogP contribution in [-0.4, -0.2) is 22.6 Å². The lowest BCUT2D eigenvalue weighted by Crippen LogP contribution is -2.14. The van der Waals surface area contributed by atoms with Gasteiger partial charge in [0.2, 0.25) is 0 Å². The smallest absolute Gasteiger partial charge is 0.264 e. The minimum atomic E-state index is -3.86. The van der Waals surface area contributed by atoms with Crippen molar-refractivity contribution in [2.45, 2.75) is 4.90 Å². The fourth-order valence-corrected chi connectivity index (χ4v) is 4.19. The van der Waals surface area contributed by atoms with Crippen molar-refractivity contribution in [3.8, 4) is 0 Å². The van der Waals surface area contributed by atoms with Gasteiger partial charge in [-0.15, -0.1) is 5.10 Å². The molecule has 1 aromatic carbocycles. The van der Waals surface area contributed by atoms with Gasteiger partial charge in [-0.3, -0.25) is 4.98 Å². The lowest BCUT2D eigenvalue weighted by Gasteiger charge is -2.07. The molecule has 0 saturated carbocycles. The van der Waals surface area contributed by atoms with Crippen molar-refractivity contribution in [3.63, 3.8) is 0 Å². The maximum Gasteiger partial charge on any atom is 0.285 e. The van der Waals surface area contributed by atoms with Crippen LogP contribution in [0.4, 0.5) is 0 Å². The molecule has 2 heterocycles. The van der Waals surface area contributed by atoms with Crippen molar-refractivity contribution >= 4 is 48.5 Å². The van der Waals surface area contributed by atoms with Gasteiger partial charge in [-0.2, -0.15) is 12.5 Å². The number of nitrogens with zero attached hydrogens (tertiary/aromatic N) is 3. The van der Waals surface area contributed by atoms with Crippen LogP contribution in [0.3, 0.4) is 0 Å². The number of hydrogen-bond acceptors (Lipinski definition) is 4. The minimum Gasteiger partial charge on any atom is -0.264 e. The van der Waals surface area contributed by atoms with Gasteiger partial charge in [-0.1, -0.05) is 23.7 Å². The maximum absolute atomic E-state index is 12.7. The average molecular weight is 373 g/mol. The van der Waals surface area contributed by atoms with E-state index < -0.39 is 10.0 Å². The van der Waals surface area contributed by atoms with Crippen LogP contribution in [0.1, 0.15) is 0 Å². The summed E-state index contributed by atoms with van der Waals surface area (Å²) in [5.74, 6) is 0. The SMILES string of the molecule is O=S(=O)(c1ccccc1Cl)n1nc(Br)c2cnccc21. The van der Waals surface area contributed by atoms with Crippen LogP contribution in [0.15, 0.2) is 52.2 Å². The molecule has 0 saturated heterocycles. The van der Waals surface area contributed by atoms with E-state index in [1.807, 2.05) is 0 Å². The van der Waals surface area contributed by atoms with Crippen LogP contribution in [-0.2, 0) is 10.0 Å². The van der Waals surface area contributed by atoms with E-state index in [1.54, 1.807) is 24.4 Å². The van der Waals surface area contributed by atoms with Gasteiger partial charge in [0, 0.05) is 12.4 Å². The highest BCUT2D eigenvalue weighted by atomic mass is 79.9. The van der Waals surface area contributed by atoms with E-state index in [0.717, 1.165) is 4.09 Å². The number of aromatic nitrogens is 3. The zero-order valence-electron chi connectivity index (χ0n) is 9.86. The molecule has 5 nitrogen and oxygen atoms in total. The van der Waals surface area contributed by atoms with Crippen molar-refractivity contribution in [2.24, 2.45) is 0 Å². The molecule has 3 aromatic rings. The van der Waals surface area contributed by atoms with Gasteiger partial charge in [0.15, 0.2) is 0 Å². The van der Waals surface area contributed by atoms with Crippen LogP contribution in [0.25, 0.3) is 10.9 Å². The van der Waals surface area contributed by atoms with Crippen LogP contribution >= 0.6 is 27.5 Å². The summed E-state index contributed by atoms with van der Waals surface area (Å²) in [5.41, 5.74) is 0.437. The predicted octanol–water partition coefficient (Wildman–Crippen LogP) is 3.08. The van der Waals surface area contributed by atoms with Crippen molar-refractivity contribution < 1.29 is 8.42 Å². The zero-order chi connectivity index (χ0) is 14.3. The number of rotatable bonds is 2. The van der Waals surface area contributed by atoms with E-state index in [-0.39, 0.29) is 9.92 Å². The van der Waals surface area contributed by atoms with E-state index in [1.165, 1.54) is 18.3 Å². The molecular weight excluding hydrogens is 366 g/mol. The molecule has 0 fully saturated rings. The van der Waals surface area contributed by atoms with Crippen molar-refractivity contribution in [1.82, 2.24) is 14.2 Å². The molecule has 0 aliphatic rings. The zero-order valence-corrected chi connectivity index (χ0v) is 13.0. The highest BCUT2D eigenvalue weighted by molar-refractivity contribution is 9.10. The number of pyridine rings is 1. The molecule has 0 aliphatic carbocycles. The molecular formula is C12H7BrClN3O2S. The first-order valence-corrected chi connectivity index (χ1v) is 8.11. The first kappa shape index (κ1) is 13.5. The van der Waals surface area contributed by atoms with Gasteiger partial charge in [0.25, 0.3) is 10.0 Å². The average Bonchev–Trinajstić information content (AvgIpc) is 2.78. The Bertz CT molecular complexity index is 908. The number of halogens is 2. The molecule has 102 valence electrons. The maximum atomic E-state index is 12.7. The number of fused-ring (bicyclic) bond motifs is 1. The summed E-state index contributed by atoms with van der Waals surface area (Å²) in [6, 6.07) is 7.84. The van der Waals surface area contributed by atoms with Gasteiger partial charge in [0.1, 0.15) is 9.50 Å². The second-order valence-electron chi connectivity index (χ2n) is 3.96. The fourth-order valence-electron chi connectivity index (χ4n) is 1.83. The lowest BCUT2D eigenvalue weighted by atomic mass is 10.3. The molecule has 0 bridgehead atoms. The number of hydrogen-bond donors (Lipinski definition) is 0. The molecule has 8 heteroatoms. The first-order chi connectivity index (χ1) is 9.51. The van der Waals surface area contributed by atoms with Gasteiger partial charge in [-0.05, 0) is 34.1 Å². The summed E-state index contributed by atoms with van der Waals surface area (Å²) in [7, 11) is -3.86. The normalized spacial score (nSPS) is 11.9. The van der Waals surface area contributed by atoms with E-state index in [4.69, 9.17) is 11.6 Å².